The van der Waals surface area contributed by atoms with Gasteiger partial charge in [0.25, 0.3) is 0 Å². The average Bonchev–Trinajstić information content (AvgIpc) is 2.54. The van der Waals surface area contributed by atoms with Crippen molar-refractivity contribution in [3.63, 3.8) is 0 Å². The molecule has 0 bridgehead atoms. The topological polar surface area (TPSA) is 88.3 Å². The Labute approximate surface area is 88.2 Å². The van der Waals surface area contributed by atoms with Gasteiger partial charge in [-0.3, -0.25) is 0 Å². The lowest BCUT2D eigenvalue weighted by Crippen LogP contribution is -2.13. The number of nitrogens with one attached hydrogen (secondary N) is 1. The van der Waals surface area contributed by atoms with Gasteiger partial charge in [-0.05, 0) is 25.0 Å². The van der Waals surface area contributed by atoms with Crippen LogP contribution in [0.1, 0.15) is 33.4 Å². The van der Waals surface area contributed by atoms with E-state index in [-0.39, 0.29) is 6.54 Å². The maximum absolute atomic E-state index is 11.3. The minimum atomic E-state index is -0.776. The van der Waals surface area contributed by atoms with Crippen molar-refractivity contribution in [2.75, 3.05) is 13.7 Å². The Kier molecular flexibility index (Phi) is 3.49. The average molecular weight is 212 g/mol. The number of aliphatic hydroxyl groups excluding tert-OH is 1. The van der Waals surface area contributed by atoms with Crippen molar-refractivity contribution in [1.29, 1.82) is 0 Å². The number of rotatable bonds is 3. The highest BCUT2D eigenvalue weighted by atomic mass is 16.5. The first-order valence-electron chi connectivity index (χ1n) is 4.68. The zero-order valence-electron chi connectivity index (χ0n) is 9.13. The molecule has 0 aliphatic carbocycles. The first-order valence-corrected chi connectivity index (χ1v) is 4.68. The Hall–Kier alpha value is -1.33. The molecule has 15 heavy (non-hydrogen) atoms. The molecular weight excluding hydrogens is 196 g/mol. The van der Waals surface area contributed by atoms with Gasteiger partial charge >= 0.3 is 5.97 Å². The number of carbonyl (C=O) groups is 1. The third-order valence-electron chi connectivity index (χ3n) is 2.55. The third-order valence-corrected chi connectivity index (χ3v) is 2.55. The second-order valence-electron chi connectivity index (χ2n) is 3.41. The number of hydrogen-bond acceptors (Lipinski definition) is 4. The van der Waals surface area contributed by atoms with Crippen LogP contribution in [-0.4, -0.2) is 29.7 Å². The molecule has 0 saturated carbocycles. The number of H-pyrrole nitrogens is 1. The van der Waals surface area contributed by atoms with E-state index >= 15 is 0 Å². The van der Waals surface area contributed by atoms with Crippen molar-refractivity contribution in [1.82, 2.24) is 4.98 Å². The fourth-order valence-electron chi connectivity index (χ4n) is 1.47. The minimum Gasteiger partial charge on any atom is -0.464 e. The first-order chi connectivity index (χ1) is 7.02. The van der Waals surface area contributed by atoms with Crippen LogP contribution in [0.4, 0.5) is 0 Å². The number of nitrogens with two attached hydrogens (primary N) is 1. The zero-order chi connectivity index (χ0) is 11.6. The summed E-state index contributed by atoms with van der Waals surface area (Å²) in [6.45, 7) is 3.73. The fourth-order valence-corrected chi connectivity index (χ4v) is 1.47. The van der Waals surface area contributed by atoms with Crippen LogP contribution in [0.2, 0.25) is 0 Å². The number of aliphatic hydroxyl groups is 1. The van der Waals surface area contributed by atoms with Crippen LogP contribution in [-0.2, 0) is 4.74 Å². The number of aromatic amines is 1. The van der Waals surface area contributed by atoms with Crippen LogP contribution in [0.15, 0.2) is 0 Å². The Bertz CT molecular complexity index is 371. The molecule has 1 atom stereocenters. The van der Waals surface area contributed by atoms with Gasteiger partial charge in [-0.25, -0.2) is 4.79 Å². The fraction of sp³-hybridized carbons (Fsp3) is 0.500. The van der Waals surface area contributed by atoms with Gasteiger partial charge in [-0.15, -0.1) is 0 Å². The van der Waals surface area contributed by atoms with Crippen LogP contribution >= 0.6 is 0 Å². The number of aromatic nitrogens is 1. The van der Waals surface area contributed by atoms with E-state index in [1.807, 2.05) is 6.92 Å². The lowest BCUT2D eigenvalue weighted by atomic mass is 10.1. The summed E-state index contributed by atoms with van der Waals surface area (Å²) >= 11 is 0. The van der Waals surface area contributed by atoms with E-state index < -0.39 is 12.1 Å². The molecule has 5 nitrogen and oxygen atoms in total. The maximum Gasteiger partial charge on any atom is 0.354 e. The van der Waals surface area contributed by atoms with E-state index in [1.54, 1.807) is 6.92 Å². The van der Waals surface area contributed by atoms with E-state index in [9.17, 15) is 9.90 Å². The molecule has 0 saturated heterocycles. The summed E-state index contributed by atoms with van der Waals surface area (Å²) in [6.07, 6.45) is -0.776. The van der Waals surface area contributed by atoms with Gasteiger partial charge in [0.15, 0.2) is 0 Å². The van der Waals surface area contributed by atoms with E-state index in [0.29, 0.717) is 11.4 Å². The minimum absolute atomic E-state index is 0.113. The summed E-state index contributed by atoms with van der Waals surface area (Å²) in [7, 11) is 1.32. The highest BCUT2D eigenvalue weighted by Gasteiger charge is 2.20. The van der Waals surface area contributed by atoms with Crippen molar-refractivity contribution >= 4 is 5.97 Å². The van der Waals surface area contributed by atoms with Gasteiger partial charge in [0.2, 0.25) is 0 Å². The molecule has 0 aromatic carbocycles. The molecule has 0 fully saturated rings. The lowest BCUT2D eigenvalue weighted by molar-refractivity contribution is 0.0593. The normalized spacial score (nSPS) is 12.6. The number of esters is 1. The number of hydrogen-bond donors (Lipinski definition) is 3. The van der Waals surface area contributed by atoms with Gasteiger partial charge in [0.05, 0.1) is 7.11 Å². The van der Waals surface area contributed by atoms with Crippen LogP contribution in [0.25, 0.3) is 0 Å². The molecule has 1 aromatic heterocycles. The molecule has 0 spiro atoms. The molecule has 1 heterocycles. The second kappa shape index (κ2) is 4.46. The Morgan fingerprint density at radius 2 is 2.13 bits per heavy atom. The van der Waals surface area contributed by atoms with E-state index in [0.717, 1.165) is 11.1 Å². The van der Waals surface area contributed by atoms with Gasteiger partial charge in [0.1, 0.15) is 11.8 Å². The predicted octanol–water partition coefficient (Wildman–Crippen LogP) is 0.410. The monoisotopic (exact) mass is 212 g/mol. The third kappa shape index (κ3) is 2.03. The summed E-state index contributed by atoms with van der Waals surface area (Å²) in [6, 6.07) is 0. The summed E-state index contributed by atoms with van der Waals surface area (Å²) in [5.41, 5.74) is 7.93. The van der Waals surface area contributed by atoms with Crippen LogP contribution in [0.5, 0.6) is 0 Å². The smallest absolute Gasteiger partial charge is 0.354 e. The van der Waals surface area contributed by atoms with Gasteiger partial charge in [-0.1, -0.05) is 0 Å². The van der Waals surface area contributed by atoms with Crippen molar-refractivity contribution in [2.45, 2.75) is 20.0 Å². The molecule has 1 aromatic rings. The molecule has 0 radical (unpaired) electrons. The summed E-state index contributed by atoms with van der Waals surface area (Å²) in [5.74, 6) is -0.439. The van der Waals surface area contributed by atoms with Crippen molar-refractivity contribution in [3.05, 3.63) is 22.5 Å². The van der Waals surface area contributed by atoms with Gasteiger partial charge in [-0.2, -0.15) is 0 Å². The van der Waals surface area contributed by atoms with Crippen molar-refractivity contribution < 1.29 is 14.6 Å². The Morgan fingerprint density at radius 3 is 2.60 bits per heavy atom. The van der Waals surface area contributed by atoms with Crippen molar-refractivity contribution in [3.8, 4) is 0 Å². The quantitative estimate of drug-likeness (QED) is 0.633. The molecule has 0 aliphatic rings. The summed E-state index contributed by atoms with van der Waals surface area (Å²) in [5, 5.41) is 9.59. The molecule has 0 aliphatic heterocycles. The number of ether oxygens (including phenoxy) is 1. The number of methoxy groups -OCH3 is 1. The molecule has 84 valence electrons. The molecular formula is C10H16N2O3. The molecule has 5 heteroatoms. The standard InChI is InChI=1S/C10H16N2O3/c1-5-6(2)9(10(14)15-3)12-8(5)7(13)4-11/h7,12-13H,4,11H2,1-3H3. The van der Waals surface area contributed by atoms with Crippen LogP contribution in [0, 0.1) is 13.8 Å². The van der Waals surface area contributed by atoms with Crippen LogP contribution < -0.4 is 5.73 Å². The summed E-state index contributed by atoms with van der Waals surface area (Å²) < 4.78 is 4.62. The Morgan fingerprint density at radius 1 is 1.53 bits per heavy atom. The second-order valence-corrected chi connectivity index (χ2v) is 3.41. The highest BCUT2D eigenvalue weighted by molar-refractivity contribution is 5.89. The highest BCUT2D eigenvalue weighted by Crippen LogP contribution is 2.22. The molecule has 1 rings (SSSR count). The van der Waals surface area contributed by atoms with Crippen molar-refractivity contribution in [2.24, 2.45) is 5.73 Å². The molecule has 1 unspecified atom stereocenters. The van der Waals surface area contributed by atoms with E-state index in [2.05, 4.69) is 9.72 Å². The largest absolute Gasteiger partial charge is 0.464 e. The molecule has 4 N–H and O–H groups in total. The van der Waals surface area contributed by atoms with E-state index in [1.165, 1.54) is 7.11 Å². The summed E-state index contributed by atoms with van der Waals surface area (Å²) in [4.78, 5) is 14.2. The molecule has 0 amide bonds. The van der Waals surface area contributed by atoms with Crippen LogP contribution in [0.3, 0.4) is 0 Å². The predicted molar refractivity (Wildman–Crippen MR) is 55.6 cm³/mol. The van der Waals surface area contributed by atoms with Gasteiger partial charge in [0, 0.05) is 12.2 Å². The maximum atomic E-state index is 11.3. The van der Waals surface area contributed by atoms with E-state index in [4.69, 9.17) is 5.73 Å². The SMILES string of the molecule is COC(=O)c1[nH]c(C(O)CN)c(C)c1C. The zero-order valence-corrected chi connectivity index (χ0v) is 9.13. The van der Waals surface area contributed by atoms with Gasteiger partial charge < -0.3 is 20.6 Å². The Balaban J connectivity index is 3.18. The first kappa shape index (κ1) is 11.7. The number of carbonyl (C=O) groups excluding carboxylic acids is 1. The lowest BCUT2D eigenvalue weighted by Gasteiger charge is -2.06.